The summed E-state index contributed by atoms with van der Waals surface area (Å²) in [5.41, 5.74) is 6.61. The van der Waals surface area contributed by atoms with Crippen LogP contribution < -0.4 is 16.4 Å². The first-order valence-electron chi connectivity index (χ1n) is 6.66. The van der Waals surface area contributed by atoms with Crippen molar-refractivity contribution in [2.75, 3.05) is 16.4 Å². The molecule has 118 valence electrons. The molecule has 1 aromatic heterocycles. The van der Waals surface area contributed by atoms with E-state index in [0.29, 0.717) is 39.4 Å². The van der Waals surface area contributed by atoms with Crippen molar-refractivity contribution in [1.82, 2.24) is 5.16 Å². The van der Waals surface area contributed by atoms with Gasteiger partial charge in [0.15, 0.2) is 5.82 Å². The average molecular weight is 343 g/mol. The number of rotatable bonds is 5. The second-order valence-corrected chi connectivity index (χ2v) is 5.59. The van der Waals surface area contributed by atoms with Crippen LogP contribution in [0, 0.1) is 6.92 Å². The fraction of sp³-hybridized carbons (Fsp3) is 0.286. The van der Waals surface area contributed by atoms with Crippen LogP contribution in [0.4, 0.5) is 17.2 Å². The molecule has 4 N–H and O–H groups in total. The third kappa shape index (κ3) is 3.84. The molecule has 0 aliphatic carbocycles. The molecule has 0 bridgehead atoms. The molecule has 1 heterocycles. The first-order chi connectivity index (χ1) is 10.4. The Hall–Kier alpha value is -1.92. The van der Waals surface area contributed by atoms with Crippen molar-refractivity contribution in [3.05, 3.63) is 34.0 Å². The van der Waals surface area contributed by atoms with Gasteiger partial charge in [0.05, 0.1) is 15.7 Å². The van der Waals surface area contributed by atoms with E-state index in [4.69, 9.17) is 33.5 Å². The molecule has 2 rings (SSSR count). The molecule has 8 heteroatoms. The number of anilines is 3. The standard InChI is InChI=1S/C14H16Cl2N4O2/c1-3-11(14(21)19-12-4-7(2)22-20-12)18-8-5-9(15)13(17)10(16)6-8/h4-6,11,18H,3,17H2,1-2H3,(H,19,20,21)/t11-/m0/s1. The van der Waals surface area contributed by atoms with E-state index in [1.165, 1.54) is 0 Å². The van der Waals surface area contributed by atoms with E-state index in [9.17, 15) is 4.79 Å². The molecular formula is C14H16Cl2N4O2. The number of nitrogens with two attached hydrogens (primary N) is 1. The van der Waals surface area contributed by atoms with Crippen molar-refractivity contribution in [3.63, 3.8) is 0 Å². The van der Waals surface area contributed by atoms with Crippen molar-refractivity contribution in [1.29, 1.82) is 0 Å². The number of hydrogen-bond donors (Lipinski definition) is 3. The third-order valence-corrected chi connectivity index (χ3v) is 3.65. The normalized spacial score (nSPS) is 12.0. The van der Waals surface area contributed by atoms with Crippen molar-refractivity contribution >= 4 is 46.3 Å². The lowest BCUT2D eigenvalue weighted by Gasteiger charge is -2.18. The van der Waals surface area contributed by atoms with Gasteiger partial charge in [-0.1, -0.05) is 35.3 Å². The van der Waals surface area contributed by atoms with Crippen LogP contribution in [0.25, 0.3) is 0 Å². The highest BCUT2D eigenvalue weighted by Gasteiger charge is 2.18. The summed E-state index contributed by atoms with van der Waals surface area (Å²) in [7, 11) is 0. The Bertz CT molecular complexity index is 664. The van der Waals surface area contributed by atoms with Crippen LogP contribution in [0.5, 0.6) is 0 Å². The summed E-state index contributed by atoms with van der Waals surface area (Å²) in [6, 6.07) is 4.41. The van der Waals surface area contributed by atoms with Gasteiger partial charge >= 0.3 is 0 Å². The van der Waals surface area contributed by atoms with Gasteiger partial charge in [-0.05, 0) is 25.5 Å². The van der Waals surface area contributed by atoms with E-state index >= 15 is 0 Å². The highest BCUT2D eigenvalue weighted by atomic mass is 35.5. The van der Waals surface area contributed by atoms with Gasteiger partial charge in [0.1, 0.15) is 11.8 Å². The van der Waals surface area contributed by atoms with E-state index < -0.39 is 6.04 Å². The Morgan fingerprint density at radius 3 is 2.50 bits per heavy atom. The maximum Gasteiger partial charge on any atom is 0.248 e. The summed E-state index contributed by atoms with van der Waals surface area (Å²) in [5, 5.41) is 10.1. The molecule has 0 aliphatic heterocycles. The number of halogens is 2. The second kappa shape index (κ2) is 6.89. The molecule has 0 spiro atoms. The Morgan fingerprint density at radius 2 is 2.00 bits per heavy atom. The summed E-state index contributed by atoms with van der Waals surface area (Å²) in [4.78, 5) is 12.2. The van der Waals surface area contributed by atoms with E-state index in [2.05, 4.69) is 15.8 Å². The first-order valence-corrected chi connectivity index (χ1v) is 7.41. The number of aromatic nitrogens is 1. The molecule has 22 heavy (non-hydrogen) atoms. The maximum atomic E-state index is 12.2. The zero-order valence-corrected chi connectivity index (χ0v) is 13.6. The largest absolute Gasteiger partial charge is 0.396 e. The lowest BCUT2D eigenvalue weighted by Crippen LogP contribution is -2.34. The molecule has 0 unspecified atom stereocenters. The van der Waals surface area contributed by atoms with Crippen LogP contribution >= 0.6 is 23.2 Å². The summed E-state index contributed by atoms with van der Waals surface area (Å²) in [5.74, 6) is 0.754. The molecule has 2 aromatic rings. The van der Waals surface area contributed by atoms with Crippen LogP contribution in [0.2, 0.25) is 10.0 Å². The zero-order valence-electron chi connectivity index (χ0n) is 12.1. The summed E-state index contributed by atoms with van der Waals surface area (Å²) in [6.45, 7) is 3.63. The van der Waals surface area contributed by atoms with Gasteiger partial charge in [0.25, 0.3) is 0 Å². The van der Waals surface area contributed by atoms with Gasteiger partial charge in [0, 0.05) is 11.8 Å². The van der Waals surface area contributed by atoms with Gasteiger partial charge < -0.3 is 20.9 Å². The molecule has 1 amide bonds. The number of hydrogen-bond acceptors (Lipinski definition) is 5. The van der Waals surface area contributed by atoms with Crippen LogP contribution in [-0.2, 0) is 4.79 Å². The monoisotopic (exact) mass is 342 g/mol. The minimum atomic E-state index is -0.479. The first kappa shape index (κ1) is 16.5. The molecule has 6 nitrogen and oxygen atoms in total. The Labute approximate surface area is 137 Å². The molecule has 0 saturated heterocycles. The van der Waals surface area contributed by atoms with Gasteiger partial charge in [0.2, 0.25) is 5.91 Å². The SMILES string of the molecule is CC[C@H](Nc1cc(Cl)c(N)c(Cl)c1)C(=O)Nc1cc(C)on1. The Kier molecular flexibility index (Phi) is 5.15. The molecule has 0 aliphatic rings. The highest BCUT2D eigenvalue weighted by Crippen LogP contribution is 2.31. The van der Waals surface area contributed by atoms with Crippen LogP contribution in [0.1, 0.15) is 19.1 Å². The number of nitrogens with zero attached hydrogens (tertiary/aromatic N) is 1. The maximum absolute atomic E-state index is 12.2. The Morgan fingerprint density at radius 1 is 1.36 bits per heavy atom. The summed E-state index contributed by atoms with van der Waals surface area (Å²) < 4.78 is 4.91. The number of carbonyl (C=O) groups is 1. The van der Waals surface area contributed by atoms with Crippen molar-refractivity contribution in [2.45, 2.75) is 26.3 Å². The smallest absolute Gasteiger partial charge is 0.248 e. The predicted octanol–water partition coefficient (Wildman–Crippen LogP) is 3.70. The fourth-order valence-electron chi connectivity index (χ4n) is 1.86. The summed E-state index contributed by atoms with van der Waals surface area (Å²) >= 11 is 12.0. The number of aryl methyl sites for hydroxylation is 1. The summed E-state index contributed by atoms with van der Waals surface area (Å²) in [6.07, 6.45) is 0.558. The van der Waals surface area contributed by atoms with E-state index in [1.807, 2.05) is 6.92 Å². The number of nitrogen functional groups attached to an aromatic ring is 1. The van der Waals surface area contributed by atoms with Gasteiger partial charge in [-0.2, -0.15) is 0 Å². The quantitative estimate of drug-likeness (QED) is 0.720. The van der Waals surface area contributed by atoms with E-state index in [0.717, 1.165) is 0 Å². The fourth-order valence-corrected chi connectivity index (χ4v) is 2.35. The lowest BCUT2D eigenvalue weighted by molar-refractivity contribution is -0.117. The van der Waals surface area contributed by atoms with E-state index in [1.54, 1.807) is 25.1 Å². The highest BCUT2D eigenvalue weighted by molar-refractivity contribution is 6.39. The van der Waals surface area contributed by atoms with Gasteiger partial charge in [-0.3, -0.25) is 4.79 Å². The minimum absolute atomic E-state index is 0.236. The van der Waals surface area contributed by atoms with Gasteiger partial charge in [-0.25, -0.2) is 0 Å². The second-order valence-electron chi connectivity index (χ2n) is 4.77. The molecule has 0 radical (unpaired) electrons. The van der Waals surface area contributed by atoms with Crippen LogP contribution in [0.3, 0.4) is 0 Å². The molecule has 0 saturated carbocycles. The zero-order chi connectivity index (χ0) is 16.3. The van der Waals surface area contributed by atoms with Crippen LogP contribution in [-0.4, -0.2) is 17.1 Å². The number of nitrogens with one attached hydrogen (secondary N) is 2. The molecule has 0 fully saturated rings. The Balaban J connectivity index is 2.10. The topological polar surface area (TPSA) is 93.2 Å². The van der Waals surface area contributed by atoms with Crippen LogP contribution in [0.15, 0.2) is 22.7 Å². The average Bonchev–Trinajstić information content (AvgIpc) is 2.87. The molecular weight excluding hydrogens is 327 g/mol. The van der Waals surface area contributed by atoms with Gasteiger partial charge in [-0.15, -0.1) is 0 Å². The number of carbonyl (C=O) groups excluding carboxylic acids is 1. The predicted molar refractivity (Wildman–Crippen MR) is 88.4 cm³/mol. The van der Waals surface area contributed by atoms with Crippen molar-refractivity contribution in [3.8, 4) is 0 Å². The van der Waals surface area contributed by atoms with E-state index in [-0.39, 0.29) is 5.91 Å². The lowest BCUT2D eigenvalue weighted by atomic mass is 10.2. The van der Waals surface area contributed by atoms with Crippen molar-refractivity contribution < 1.29 is 9.32 Å². The molecule has 1 aromatic carbocycles. The van der Waals surface area contributed by atoms with Crippen molar-refractivity contribution in [2.24, 2.45) is 0 Å². The number of benzene rings is 1. The minimum Gasteiger partial charge on any atom is -0.396 e. The molecule has 1 atom stereocenters. The third-order valence-electron chi connectivity index (χ3n) is 3.02. The number of amides is 1.